The quantitative estimate of drug-likeness (QED) is 0.118. The number of anilines is 1. The lowest BCUT2D eigenvalue weighted by molar-refractivity contribution is -0.384. The van der Waals surface area contributed by atoms with Gasteiger partial charge in [0, 0.05) is 19.2 Å². The average Bonchev–Trinajstić information content (AvgIpc) is 3.06. The summed E-state index contributed by atoms with van der Waals surface area (Å²) in [4.78, 5) is 26.8. The fourth-order valence-corrected chi connectivity index (χ4v) is 4.62. The van der Waals surface area contributed by atoms with E-state index in [1.165, 1.54) is 17.0 Å². The van der Waals surface area contributed by atoms with E-state index in [1.807, 2.05) is 36.4 Å². The standard InChI is InChI=1S/C25H20IN3O5S/c1-27-21(24(30)28(25(27)35)18-6-4-3-5-7-18)13-17-12-20(26)23(22(14-17)33-2)34-15-16-8-10-19(11-9-16)29(31)32/h3-14H,15H2,1-2H3/b21-13-. The van der Waals surface area contributed by atoms with Gasteiger partial charge >= 0.3 is 0 Å². The zero-order chi connectivity index (χ0) is 25.1. The van der Waals surface area contributed by atoms with Crippen LogP contribution in [0.4, 0.5) is 11.4 Å². The Balaban J connectivity index is 1.58. The summed E-state index contributed by atoms with van der Waals surface area (Å²) in [7, 11) is 3.30. The van der Waals surface area contributed by atoms with Crippen molar-refractivity contribution in [3.8, 4) is 11.5 Å². The van der Waals surface area contributed by atoms with E-state index in [0.717, 1.165) is 14.7 Å². The molecular formula is C25H20IN3O5S. The van der Waals surface area contributed by atoms with Gasteiger partial charge in [-0.1, -0.05) is 18.2 Å². The summed E-state index contributed by atoms with van der Waals surface area (Å²) in [5.41, 5.74) is 2.71. The average molecular weight is 601 g/mol. The van der Waals surface area contributed by atoms with Crippen LogP contribution in [0.1, 0.15) is 11.1 Å². The number of hydrogen-bond acceptors (Lipinski definition) is 6. The Bertz CT molecular complexity index is 1330. The molecule has 1 aliphatic heterocycles. The number of carbonyl (C=O) groups is 1. The van der Waals surface area contributed by atoms with Gasteiger partial charge in [0.1, 0.15) is 12.3 Å². The second kappa shape index (κ2) is 10.4. The summed E-state index contributed by atoms with van der Waals surface area (Å²) < 4.78 is 12.3. The van der Waals surface area contributed by atoms with Crippen LogP contribution in [0, 0.1) is 13.7 Å². The summed E-state index contributed by atoms with van der Waals surface area (Å²) in [5.74, 6) is 0.832. The van der Waals surface area contributed by atoms with Crippen LogP contribution >= 0.6 is 34.8 Å². The van der Waals surface area contributed by atoms with Crippen molar-refractivity contribution in [3.05, 3.63) is 97.2 Å². The summed E-state index contributed by atoms with van der Waals surface area (Å²) in [6.07, 6.45) is 1.77. The van der Waals surface area contributed by atoms with Crippen LogP contribution in [0.2, 0.25) is 0 Å². The van der Waals surface area contributed by atoms with Crippen molar-refractivity contribution in [1.29, 1.82) is 0 Å². The topological polar surface area (TPSA) is 85.2 Å². The first-order valence-corrected chi connectivity index (χ1v) is 11.9. The molecule has 0 radical (unpaired) electrons. The number of amides is 1. The number of nitro benzene ring substituents is 1. The summed E-state index contributed by atoms with van der Waals surface area (Å²) in [5, 5.41) is 11.2. The van der Waals surface area contributed by atoms with Gasteiger partial charge in [-0.15, -0.1) is 0 Å². The predicted molar refractivity (Wildman–Crippen MR) is 145 cm³/mol. The third kappa shape index (κ3) is 5.13. The van der Waals surface area contributed by atoms with Crippen molar-refractivity contribution in [2.45, 2.75) is 6.61 Å². The molecule has 3 aromatic rings. The Morgan fingerprint density at radius 1 is 1.11 bits per heavy atom. The van der Waals surface area contributed by atoms with Crippen LogP contribution in [0.25, 0.3) is 6.08 Å². The maximum Gasteiger partial charge on any atom is 0.281 e. The number of halogens is 1. The van der Waals surface area contributed by atoms with Crippen LogP contribution in [0.15, 0.2) is 72.4 Å². The van der Waals surface area contributed by atoms with Crippen LogP contribution in [0.3, 0.4) is 0 Å². The molecular weight excluding hydrogens is 581 g/mol. The van der Waals surface area contributed by atoms with Crippen molar-refractivity contribution < 1.29 is 19.2 Å². The molecule has 4 rings (SSSR count). The molecule has 8 nitrogen and oxygen atoms in total. The minimum absolute atomic E-state index is 0.0232. The van der Waals surface area contributed by atoms with Gasteiger partial charge in [0.25, 0.3) is 11.6 Å². The zero-order valence-electron chi connectivity index (χ0n) is 18.8. The Morgan fingerprint density at radius 2 is 1.80 bits per heavy atom. The van der Waals surface area contributed by atoms with Gasteiger partial charge in [0.15, 0.2) is 16.6 Å². The molecule has 1 aliphatic rings. The number of nitrogens with zero attached hydrogens (tertiary/aromatic N) is 3. The van der Waals surface area contributed by atoms with Gasteiger partial charge in [-0.3, -0.25) is 19.8 Å². The van der Waals surface area contributed by atoms with Crippen LogP contribution in [-0.2, 0) is 11.4 Å². The Kier molecular flexibility index (Phi) is 7.31. The number of hydrogen-bond donors (Lipinski definition) is 0. The van der Waals surface area contributed by atoms with E-state index < -0.39 is 4.92 Å². The number of carbonyl (C=O) groups excluding carboxylic acids is 1. The molecule has 10 heteroatoms. The van der Waals surface area contributed by atoms with Crippen molar-refractivity contribution in [3.63, 3.8) is 0 Å². The fourth-order valence-electron chi connectivity index (χ4n) is 3.55. The predicted octanol–water partition coefficient (Wildman–Crippen LogP) is 5.39. The molecule has 0 unspecified atom stereocenters. The molecule has 35 heavy (non-hydrogen) atoms. The minimum atomic E-state index is -0.442. The third-order valence-corrected chi connectivity index (χ3v) is 6.62. The normalized spacial score (nSPS) is 14.5. The molecule has 1 amide bonds. The van der Waals surface area contributed by atoms with E-state index in [0.29, 0.717) is 28.0 Å². The molecule has 0 bridgehead atoms. The van der Waals surface area contributed by atoms with Gasteiger partial charge < -0.3 is 14.4 Å². The van der Waals surface area contributed by atoms with E-state index in [4.69, 9.17) is 21.7 Å². The monoisotopic (exact) mass is 601 g/mol. The molecule has 178 valence electrons. The summed E-state index contributed by atoms with van der Waals surface area (Å²) >= 11 is 7.67. The zero-order valence-corrected chi connectivity index (χ0v) is 21.8. The smallest absolute Gasteiger partial charge is 0.281 e. The largest absolute Gasteiger partial charge is 0.493 e. The van der Waals surface area contributed by atoms with Crippen molar-refractivity contribution in [2.75, 3.05) is 19.1 Å². The van der Waals surface area contributed by atoms with E-state index in [2.05, 4.69) is 22.6 Å². The number of methoxy groups -OCH3 is 1. The van der Waals surface area contributed by atoms with Gasteiger partial charge in [0.2, 0.25) is 0 Å². The maximum absolute atomic E-state index is 13.2. The molecule has 0 aliphatic carbocycles. The van der Waals surface area contributed by atoms with Crippen LogP contribution in [-0.4, -0.2) is 35.0 Å². The van der Waals surface area contributed by atoms with Gasteiger partial charge in [0.05, 0.1) is 21.3 Å². The number of benzene rings is 3. The molecule has 3 aromatic carbocycles. The SMILES string of the molecule is COc1cc(/C=C2/C(=O)N(c3ccccc3)C(=S)N2C)cc(I)c1OCc1ccc([N+](=O)[O-])cc1. The highest BCUT2D eigenvalue weighted by Gasteiger charge is 2.36. The Hall–Kier alpha value is -3.51. The lowest BCUT2D eigenvalue weighted by atomic mass is 10.1. The second-order valence-electron chi connectivity index (χ2n) is 7.59. The molecule has 0 spiro atoms. The van der Waals surface area contributed by atoms with E-state index >= 15 is 0 Å². The summed E-state index contributed by atoms with van der Waals surface area (Å²) in [6, 6.07) is 19.1. The van der Waals surface area contributed by atoms with Gasteiger partial charge in [-0.05, 0) is 88.4 Å². The highest BCUT2D eigenvalue weighted by Crippen LogP contribution is 2.36. The number of ether oxygens (including phenoxy) is 2. The number of nitro groups is 1. The first kappa shape index (κ1) is 24.6. The molecule has 0 saturated carbocycles. The van der Waals surface area contributed by atoms with Crippen LogP contribution < -0.4 is 14.4 Å². The lowest BCUT2D eigenvalue weighted by Crippen LogP contribution is -2.30. The molecule has 1 saturated heterocycles. The summed E-state index contributed by atoms with van der Waals surface area (Å²) in [6.45, 7) is 0.215. The van der Waals surface area contributed by atoms with Gasteiger partial charge in [-0.2, -0.15) is 0 Å². The van der Waals surface area contributed by atoms with Crippen molar-refractivity contribution >= 4 is 63.3 Å². The number of likely N-dealkylation sites (N-methyl/N-ethyl adjacent to an activating group) is 1. The van der Waals surface area contributed by atoms with Crippen LogP contribution in [0.5, 0.6) is 11.5 Å². The maximum atomic E-state index is 13.2. The minimum Gasteiger partial charge on any atom is -0.493 e. The molecule has 0 aromatic heterocycles. The lowest BCUT2D eigenvalue weighted by Gasteiger charge is -2.16. The van der Waals surface area contributed by atoms with E-state index in [1.54, 1.807) is 43.3 Å². The molecule has 0 N–H and O–H groups in total. The highest BCUT2D eigenvalue weighted by molar-refractivity contribution is 14.1. The number of non-ortho nitro benzene ring substituents is 1. The van der Waals surface area contributed by atoms with E-state index in [-0.39, 0.29) is 18.2 Å². The number of rotatable bonds is 7. The first-order valence-electron chi connectivity index (χ1n) is 10.4. The van der Waals surface area contributed by atoms with E-state index in [9.17, 15) is 14.9 Å². The first-order chi connectivity index (χ1) is 16.8. The number of thiocarbonyl (C=S) groups is 1. The van der Waals surface area contributed by atoms with Gasteiger partial charge in [-0.25, -0.2) is 0 Å². The fraction of sp³-hybridized carbons (Fsp3) is 0.120. The van der Waals surface area contributed by atoms with Crippen molar-refractivity contribution in [2.24, 2.45) is 0 Å². The molecule has 0 atom stereocenters. The number of para-hydroxylation sites is 1. The molecule has 1 fully saturated rings. The Labute approximate surface area is 221 Å². The second-order valence-corrected chi connectivity index (χ2v) is 9.12. The highest BCUT2D eigenvalue weighted by atomic mass is 127. The Morgan fingerprint density at radius 3 is 2.43 bits per heavy atom. The molecule has 1 heterocycles. The van der Waals surface area contributed by atoms with Crippen molar-refractivity contribution in [1.82, 2.24) is 4.90 Å². The third-order valence-electron chi connectivity index (χ3n) is 5.36.